The van der Waals surface area contributed by atoms with E-state index in [2.05, 4.69) is 39.5 Å². The van der Waals surface area contributed by atoms with Crippen LogP contribution < -0.4 is 15.4 Å². The Hall–Kier alpha value is -1.10. The third-order valence-electron chi connectivity index (χ3n) is 5.66. The Balaban J connectivity index is 0.00000341. The molecule has 176 valence electrons. The van der Waals surface area contributed by atoms with E-state index < -0.39 is 0 Å². The van der Waals surface area contributed by atoms with Crippen molar-refractivity contribution in [3.63, 3.8) is 0 Å². The van der Waals surface area contributed by atoms with E-state index in [4.69, 9.17) is 14.5 Å². The molecule has 2 saturated heterocycles. The first-order valence-corrected chi connectivity index (χ1v) is 11.6. The molecule has 7 nitrogen and oxygen atoms in total. The first-order valence-electron chi connectivity index (χ1n) is 11.6. The van der Waals surface area contributed by atoms with Crippen molar-refractivity contribution in [2.45, 2.75) is 32.7 Å². The average molecular weight is 546 g/mol. The quantitative estimate of drug-likeness (QED) is 0.268. The van der Waals surface area contributed by atoms with E-state index in [9.17, 15) is 0 Å². The van der Waals surface area contributed by atoms with Gasteiger partial charge in [0.2, 0.25) is 0 Å². The standard InChI is InChI=1S/C23H39N5O2.HI/c1-2-24-23(25-10-13-27-11-6-3-7-12-27)26-20-21-8-4-5-9-22(21)30-19-16-28-14-17-29-18-15-28;/h4-5,8-9H,2-3,6-7,10-20H2,1H3,(H2,24,25,26);1H. The lowest BCUT2D eigenvalue weighted by atomic mass is 10.1. The van der Waals surface area contributed by atoms with Gasteiger partial charge < -0.3 is 25.0 Å². The molecule has 0 aromatic heterocycles. The zero-order valence-electron chi connectivity index (χ0n) is 19.0. The molecule has 8 heteroatoms. The van der Waals surface area contributed by atoms with Crippen molar-refractivity contribution in [1.82, 2.24) is 20.4 Å². The lowest BCUT2D eigenvalue weighted by Gasteiger charge is -2.26. The Morgan fingerprint density at radius 3 is 2.52 bits per heavy atom. The van der Waals surface area contributed by atoms with E-state index in [1.54, 1.807) is 0 Å². The van der Waals surface area contributed by atoms with Gasteiger partial charge in [-0.05, 0) is 38.9 Å². The molecule has 2 aliphatic heterocycles. The van der Waals surface area contributed by atoms with Gasteiger partial charge >= 0.3 is 0 Å². The third kappa shape index (κ3) is 9.93. The second-order valence-corrected chi connectivity index (χ2v) is 7.93. The summed E-state index contributed by atoms with van der Waals surface area (Å²) >= 11 is 0. The van der Waals surface area contributed by atoms with E-state index in [1.165, 1.54) is 32.4 Å². The van der Waals surface area contributed by atoms with Crippen LogP contribution >= 0.6 is 24.0 Å². The van der Waals surface area contributed by atoms with E-state index in [-0.39, 0.29) is 24.0 Å². The molecule has 31 heavy (non-hydrogen) atoms. The summed E-state index contributed by atoms with van der Waals surface area (Å²) in [6.45, 7) is 13.3. The summed E-state index contributed by atoms with van der Waals surface area (Å²) in [7, 11) is 0. The maximum atomic E-state index is 6.09. The number of piperidine rings is 1. The molecule has 2 aliphatic rings. The number of ether oxygens (including phenoxy) is 2. The van der Waals surface area contributed by atoms with Gasteiger partial charge in [0.05, 0.1) is 19.8 Å². The van der Waals surface area contributed by atoms with E-state index in [0.29, 0.717) is 13.2 Å². The highest BCUT2D eigenvalue weighted by atomic mass is 127. The fourth-order valence-corrected chi connectivity index (χ4v) is 3.91. The molecule has 0 saturated carbocycles. The Bertz CT molecular complexity index is 634. The topological polar surface area (TPSA) is 61.4 Å². The lowest BCUT2D eigenvalue weighted by molar-refractivity contribution is 0.0322. The number of aliphatic imine (C=N–C) groups is 1. The minimum Gasteiger partial charge on any atom is -0.492 e. The van der Waals surface area contributed by atoms with Crippen molar-refractivity contribution in [1.29, 1.82) is 0 Å². The van der Waals surface area contributed by atoms with Crippen LogP contribution in [0.2, 0.25) is 0 Å². The summed E-state index contributed by atoms with van der Waals surface area (Å²) in [5.41, 5.74) is 1.12. The predicted molar refractivity (Wildman–Crippen MR) is 138 cm³/mol. The molecule has 1 aromatic rings. The maximum Gasteiger partial charge on any atom is 0.191 e. The molecule has 0 aliphatic carbocycles. The predicted octanol–water partition coefficient (Wildman–Crippen LogP) is 2.56. The number of benzene rings is 1. The van der Waals surface area contributed by atoms with Crippen molar-refractivity contribution < 1.29 is 9.47 Å². The summed E-state index contributed by atoms with van der Waals surface area (Å²) in [4.78, 5) is 9.72. The molecule has 2 heterocycles. The second-order valence-electron chi connectivity index (χ2n) is 7.93. The SMILES string of the molecule is CCNC(=NCc1ccccc1OCCN1CCOCC1)NCCN1CCCCC1.I. The normalized spacial score (nSPS) is 18.3. The van der Waals surface area contributed by atoms with Crippen molar-refractivity contribution in [2.75, 3.05) is 72.2 Å². The number of hydrogen-bond donors (Lipinski definition) is 2. The monoisotopic (exact) mass is 545 g/mol. The Labute approximate surface area is 205 Å². The fraction of sp³-hybridized carbons (Fsp3) is 0.696. The van der Waals surface area contributed by atoms with Gasteiger partial charge in [-0.3, -0.25) is 4.90 Å². The number of halogens is 1. The molecular weight excluding hydrogens is 505 g/mol. The van der Waals surface area contributed by atoms with Gasteiger partial charge in [-0.2, -0.15) is 0 Å². The number of likely N-dealkylation sites (tertiary alicyclic amines) is 1. The van der Waals surface area contributed by atoms with Gasteiger partial charge in [0.1, 0.15) is 12.4 Å². The zero-order valence-corrected chi connectivity index (χ0v) is 21.3. The summed E-state index contributed by atoms with van der Waals surface area (Å²) in [6.07, 6.45) is 4.04. The van der Waals surface area contributed by atoms with Crippen LogP contribution in [0.5, 0.6) is 5.75 Å². The van der Waals surface area contributed by atoms with Crippen molar-refractivity contribution >= 4 is 29.9 Å². The Kier molecular flexibility index (Phi) is 13.2. The minimum absolute atomic E-state index is 0. The highest BCUT2D eigenvalue weighted by molar-refractivity contribution is 14.0. The summed E-state index contributed by atoms with van der Waals surface area (Å²) in [6, 6.07) is 8.22. The zero-order chi connectivity index (χ0) is 20.9. The average Bonchev–Trinajstić information content (AvgIpc) is 2.80. The third-order valence-corrected chi connectivity index (χ3v) is 5.66. The molecule has 3 rings (SSSR count). The van der Waals surface area contributed by atoms with Gasteiger partial charge in [0.25, 0.3) is 0 Å². The van der Waals surface area contributed by atoms with Crippen molar-refractivity contribution in [2.24, 2.45) is 4.99 Å². The van der Waals surface area contributed by atoms with Gasteiger partial charge in [0.15, 0.2) is 5.96 Å². The Morgan fingerprint density at radius 2 is 1.74 bits per heavy atom. The van der Waals surface area contributed by atoms with Crippen LogP contribution in [0.3, 0.4) is 0 Å². The molecule has 2 N–H and O–H groups in total. The Morgan fingerprint density at radius 1 is 1.00 bits per heavy atom. The van der Waals surface area contributed by atoms with E-state index >= 15 is 0 Å². The number of rotatable bonds is 10. The fourth-order valence-electron chi connectivity index (χ4n) is 3.91. The van der Waals surface area contributed by atoms with Gasteiger partial charge in [-0.1, -0.05) is 24.6 Å². The molecule has 0 unspecified atom stereocenters. The van der Waals surface area contributed by atoms with Gasteiger partial charge in [0, 0.05) is 44.8 Å². The molecule has 0 spiro atoms. The summed E-state index contributed by atoms with van der Waals surface area (Å²) < 4.78 is 11.5. The van der Waals surface area contributed by atoms with Gasteiger partial charge in [-0.15, -0.1) is 24.0 Å². The number of nitrogens with zero attached hydrogens (tertiary/aromatic N) is 3. The lowest BCUT2D eigenvalue weighted by Crippen LogP contribution is -2.42. The maximum absolute atomic E-state index is 6.09. The second kappa shape index (κ2) is 15.7. The summed E-state index contributed by atoms with van der Waals surface area (Å²) in [5.74, 6) is 1.80. The number of nitrogens with one attached hydrogen (secondary N) is 2. The molecule has 0 atom stereocenters. The first-order chi connectivity index (χ1) is 14.8. The van der Waals surface area contributed by atoms with Crippen molar-refractivity contribution in [3.05, 3.63) is 29.8 Å². The van der Waals surface area contributed by atoms with Gasteiger partial charge in [-0.25, -0.2) is 4.99 Å². The summed E-state index contributed by atoms with van der Waals surface area (Å²) in [5, 5.41) is 6.84. The molecule has 0 bridgehead atoms. The van der Waals surface area contributed by atoms with Crippen LogP contribution in [0, 0.1) is 0 Å². The minimum atomic E-state index is 0. The number of guanidine groups is 1. The number of para-hydroxylation sites is 1. The molecule has 0 radical (unpaired) electrons. The number of hydrogen-bond acceptors (Lipinski definition) is 5. The first kappa shape index (κ1) is 26.2. The van der Waals surface area contributed by atoms with E-state index in [1.807, 2.05) is 12.1 Å². The van der Waals surface area contributed by atoms with Crippen molar-refractivity contribution in [3.8, 4) is 5.75 Å². The largest absolute Gasteiger partial charge is 0.492 e. The van der Waals surface area contributed by atoms with E-state index in [0.717, 1.165) is 69.8 Å². The van der Waals surface area contributed by atoms with Crippen LogP contribution in [0.25, 0.3) is 0 Å². The van der Waals surface area contributed by atoms with Crippen LogP contribution in [0.1, 0.15) is 31.7 Å². The molecule has 2 fully saturated rings. The molecular formula is C23H40IN5O2. The van der Waals surface area contributed by atoms with Crippen LogP contribution in [-0.4, -0.2) is 87.9 Å². The highest BCUT2D eigenvalue weighted by Crippen LogP contribution is 2.19. The smallest absolute Gasteiger partial charge is 0.191 e. The van der Waals surface area contributed by atoms with Crippen LogP contribution in [-0.2, 0) is 11.3 Å². The molecule has 0 amide bonds. The van der Waals surface area contributed by atoms with Crippen LogP contribution in [0.15, 0.2) is 29.3 Å². The molecule has 1 aromatic carbocycles. The number of morpholine rings is 1. The highest BCUT2D eigenvalue weighted by Gasteiger charge is 2.11. The van der Waals surface area contributed by atoms with Crippen LogP contribution in [0.4, 0.5) is 0 Å².